The molecule has 0 aliphatic rings. The maximum atomic E-state index is 7.41. The van der Waals surface area contributed by atoms with E-state index >= 15 is 0 Å². The fourth-order valence-electron chi connectivity index (χ4n) is 3.89. The molecule has 4 rings (SSSR count). The second-order valence-corrected chi connectivity index (χ2v) is 11.8. The lowest BCUT2D eigenvalue weighted by Crippen LogP contribution is -2.11. The van der Waals surface area contributed by atoms with Gasteiger partial charge in [0.2, 0.25) is 0 Å². The van der Waals surface area contributed by atoms with Crippen molar-refractivity contribution in [1.82, 2.24) is 0 Å². The number of nitrogens with one attached hydrogen (secondary N) is 4. The summed E-state index contributed by atoms with van der Waals surface area (Å²) in [6.45, 7) is 2.04. The van der Waals surface area contributed by atoms with E-state index in [1.807, 2.05) is 0 Å². The van der Waals surface area contributed by atoms with Crippen molar-refractivity contribution in [3.05, 3.63) is 116 Å². The molecule has 0 radical (unpaired) electrons. The second-order valence-electron chi connectivity index (χ2n) is 10.1. The van der Waals surface area contributed by atoms with Crippen LogP contribution in [0.4, 0.5) is 0 Å². The molecule has 0 aliphatic heterocycles. The van der Waals surface area contributed by atoms with E-state index in [1.54, 1.807) is 84.9 Å². The minimum atomic E-state index is 0.0158. The van der Waals surface area contributed by atoms with Gasteiger partial charge in [-0.25, -0.2) is 0 Å². The maximum absolute atomic E-state index is 7.41. The van der Waals surface area contributed by atoms with Crippen LogP contribution in [-0.2, 0) is 0 Å². The van der Waals surface area contributed by atoms with Crippen LogP contribution in [0.5, 0.6) is 23.0 Å². The third kappa shape index (κ3) is 12.3. The van der Waals surface area contributed by atoms with Crippen LogP contribution in [-0.4, -0.2) is 49.8 Å². The Morgan fingerprint density at radius 1 is 0.438 bits per heavy atom. The number of nitrogens with two attached hydrogens (primary N) is 4. The standard InChI is InChI=1S/C17H18Br2N4O2.C17H20N4O2/c18-12-8-10(16(20)21)2-4-14(12)24-6-1-7-25-15-5-3-11(17(22)23)9-13(15)19;18-16(19)12-2-6-14(7-3-12)22-10-1-11-23-15-8-4-13(5-9-15)17(20)21/h2-5,8-9H,1,6-7H2,(H3,20,21)(H3,22,23);2-9H,1,10-11H2,(H3,18,19)(H3,20,21). The summed E-state index contributed by atoms with van der Waals surface area (Å²) in [5, 5.41) is 29.5. The summed E-state index contributed by atoms with van der Waals surface area (Å²) in [6.07, 6.45) is 1.44. The van der Waals surface area contributed by atoms with Crippen molar-refractivity contribution >= 4 is 55.2 Å². The van der Waals surface area contributed by atoms with Crippen molar-refractivity contribution in [2.45, 2.75) is 12.8 Å². The molecule has 252 valence electrons. The highest BCUT2D eigenvalue weighted by molar-refractivity contribution is 9.11. The Labute approximate surface area is 296 Å². The third-order valence-corrected chi connectivity index (χ3v) is 7.69. The van der Waals surface area contributed by atoms with Crippen molar-refractivity contribution in [2.75, 3.05) is 26.4 Å². The highest BCUT2D eigenvalue weighted by Crippen LogP contribution is 2.27. The molecule has 0 fully saturated rings. The smallest absolute Gasteiger partial charge is 0.133 e. The topological polar surface area (TPSA) is 236 Å². The quantitative estimate of drug-likeness (QED) is 0.0396. The second kappa shape index (κ2) is 18.9. The van der Waals surface area contributed by atoms with E-state index in [2.05, 4.69) is 31.9 Å². The zero-order valence-electron chi connectivity index (χ0n) is 26.0. The molecule has 0 heterocycles. The Kier molecular flexibility index (Phi) is 14.7. The summed E-state index contributed by atoms with van der Waals surface area (Å²) in [7, 11) is 0. The molecule has 12 nitrogen and oxygen atoms in total. The van der Waals surface area contributed by atoms with Crippen LogP contribution >= 0.6 is 31.9 Å². The monoisotopic (exact) mass is 780 g/mol. The zero-order valence-corrected chi connectivity index (χ0v) is 29.2. The van der Waals surface area contributed by atoms with Crippen molar-refractivity contribution in [2.24, 2.45) is 22.9 Å². The lowest BCUT2D eigenvalue weighted by Gasteiger charge is -2.11. The van der Waals surface area contributed by atoms with Gasteiger partial charge in [-0.05, 0) is 117 Å². The molecule has 48 heavy (non-hydrogen) atoms. The third-order valence-electron chi connectivity index (χ3n) is 6.45. The highest BCUT2D eigenvalue weighted by atomic mass is 79.9. The van der Waals surface area contributed by atoms with Gasteiger partial charge in [0.15, 0.2) is 0 Å². The Hall–Kier alpha value is -5.08. The SMILES string of the molecule is N=C(N)c1ccc(OCCCOc2ccc(C(=N)N)cc2)cc1.N=C(N)c1ccc(OCCCOc2ccc(C(=N)N)cc2Br)c(Br)c1. The molecule has 0 spiro atoms. The molecule has 0 bridgehead atoms. The summed E-state index contributed by atoms with van der Waals surface area (Å²) in [5.74, 6) is 2.97. The van der Waals surface area contributed by atoms with E-state index in [0.717, 1.165) is 26.9 Å². The van der Waals surface area contributed by atoms with E-state index in [0.29, 0.717) is 66.6 Å². The first-order valence-corrected chi connectivity index (χ1v) is 16.2. The zero-order chi connectivity index (χ0) is 35.1. The lowest BCUT2D eigenvalue weighted by atomic mass is 10.2. The predicted molar refractivity (Wildman–Crippen MR) is 196 cm³/mol. The van der Waals surface area contributed by atoms with Crippen molar-refractivity contribution in [3.8, 4) is 23.0 Å². The van der Waals surface area contributed by atoms with Gasteiger partial charge in [-0.1, -0.05) is 0 Å². The van der Waals surface area contributed by atoms with Crippen LogP contribution in [0.1, 0.15) is 35.1 Å². The molecule has 4 aromatic rings. The minimum absolute atomic E-state index is 0.0158. The molecular weight excluding hydrogens is 744 g/mol. The molecule has 12 N–H and O–H groups in total. The van der Waals surface area contributed by atoms with Crippen LogP contribution in [0.3, 0.4) is 0 Å². The molecular formula is C34H38Br2N8O4. The lowest BCUT2D eigenvalue weighted by molar-refractivity contribution is 0.246. The molecule has 0 aromatic heterocycles. The van der Waals surface area contributed by atoms with Gasteiger partial charge < -0.3 is 41.9 Å². The largest absolute Gasteiger partial charge is 0.493 e. The van der Waals surface area contributed by atoms with E-state index in [1.165, 1.54) is 0 Å². The number of halogens is 2. The Balaban J connectivity index is 0.000000261. The first kappa shape index (κ1) is 37.4. The number of ether oxygens (including phenoxy) is 4. The first-order valence-electron chi connectivity index (χ1n) is 14.6. The Morgan fingerprint density at radius 3 is 1.02 bits per heavy atom. The number of amidine groups is 4. The summed E-state index contributed by atoms with van der Waals surface area (Å²) in [5.41, 5.74) is 24.3. The van der Waals surface area contributed by atoms with Crippen LogP contribution in [0, 0.1) is 21.6 Å². The van der Waals surface area contributed by atoms with E-state index in [9.17, 15) is 0 Å². The summed E-state index contributed by atoms with van der Waals surface area (Å²) < 4.78 is 24.1. The number of hydrogen-bond donors (Lipinski definition) is 8. The van der Waals surface area contributed by atoms with Gasteiger partial charge in [-0.15, -0.1) is 0 Å². The normalized spacial score (nSPS) is 10.2. The van der Waals surface area contributed by atoms with Crippen LogP contribution in [0.2, 0.25) is 0 Å². The maximum Gasteiger partial charge on any atom is 0.133 e. The van der Waals surface area contributed by atoms with Crippen LogP contribution in [0.25, 0.3) is 0 Å². The minimum Gasteiger partial charge on any atom is -0.493 e. The van der Waals surface area contributed by atoms with Gasteiger partial charge in [0, 0.05) is 35.1 Å². The molecule has 4 aromatic carbocycles. The van der Waals surface area contributed by atoms with Gasteiger partial charge >= 0.3 is 0 Å². The van der Waals surface area contributed by atoms with Gasteiger partial charge in [0.1, 0.15) is 46.3 Å². The molecule has 0 saturated carbocycles. The summed E-state index contributed by atoms with van der Waals surface area (Å²) in [6, 6.07) is 24.7. The van der Waals surface area contributed by atoms with E-state index in [-0.39, 0.29) is 23.3 Å². The predicted octanol–water partition coefficient (Wildman–Crippen LogP) is 5.73. The van der Waals surface area contributed by atoms with Gasteiger partial charge in [0.25, 0.3) is 0 Å². The Bertz CT molecular complexity index is 1590. The van der Waals surface area contributed by atoms with Crippen LogP contribution < -0.4 is 41.9 Å². The van der Waals surface area contributed by atoms with E-state index in [4.69, 9.17) is 63.5 Å². The average Bonchev–Trinajstić information content (AvgIpc) is 3.06. The molecule has 0 amide bonds. The van der Waals surface area contributed by atoms with Crippen molar-refractivity contribution in [1.29, 1.82) is 21.6 Å². The van der Waals surface area contributed by atoms with Gasteiger partial charge in [-0.3, -0.25) is 21.6 Å². The van der Waals surface area contributed by atoms with Gasteiger partial charge in [0.05, 0.1) is 35.4 Å². The van der Waals surface area contributed by atoms with Crippen LogP contribution in [0.15, 0.2) is 93.9 Å². The first-order chi connectivity index (χ1) is 22.9. The fraction of sp³-hybridized carbons (Fsp3) is 0.176. The molecule has 14 heteroatoms. The number of nitrogen functional groups attached to an aromatic ring is 4. The van der Waals surface area contributed by atoms with E-state index < -0.39 is 0 Å². The number of benzene rings is 4. The molecule has 0 aliphatic carbocycles. The molecule has 0 atom stereocenters. The van der Waals surface area contributed by atoms with Crippen molar-refractivity contribution < 1.29 is 18.9 Å². The molecule has 0 unspecified atom stereocenters. The summed E-state index contributed by atoms with van der Waals surface area (Å²) >= 11 is 6.81. The highest BCUT2D eigenvalue weighted by Gasteiger charge is 2.07. The van der Waals surface area contributed by atoms with Crippen molar-refractivity contribution in [3.63, 3.8) is 0 Å². The number of rotatable bonds is 16. The average molecular weight is 783 g/mol. The number of hydrogen-bond acceptors (Lipinski definition) is 8. The Morgan fingerprint density at radius 2 is 0.729 bits per heavy atom. The molecule has 0 saturated heterocycles. The van der Waals surface area contributed by atoms with Gasteiger partial charge in [-0.2, -0.15) is 0 Å². The fourth-order valence-corrected chi connectivity index (χ4v) is 4.88. The summed E-state index contributed by atoms with van der Waals surface area (Å²) in [4.78, 5) is 0.